The number of aliphatic hydroxyl groups excluding tert-OH is 2. The fraction of sp³-hybridized carbons (Fsp3) is 0.846. The molecule has 0 aliphatic carbocycles. The van der Waals surface area contributed by atoms with Crippen LogP contribution in [0.25, 0.3) is 0 Å². The Morgan fingerprint density at radius 3 is 1.31 bits per heavy atom. The first-order valence-corrected chi connectivity index (χ1v) is 16.2. The number of carbonyl (C=O) groups excluding carboxylic acids is 4. The van der Waals surface area contributed by atoms with Gasteiger partial charge in [0.15, 0.2) is 0 Å². The van der Waals surface area contributed by atoms with Gasteiger partial charge < -0.3 is 39.8 Å². The molecule has 4 unspecified atom stereocenters. The summed E-state index contributed by atoms with van der Waals surface area (Å²) < 4.78 is 0. The van der Waals surface area contributed by atoms with Crippen LogP contribution in [0, 0.1) is 0 Å². The van der Waals surface area contributed by atoms with E-state index in [1.807, 2.05) is 0 Å². The average Bonchev–Trinajstić information content (AvgIpc) is 3.47. The molecule has 0 spiro atoms. The third kappa shape index (κ3) is 16.4. The van der Waals surface area contributed by atoms with Crippen molar-refractivity contribution in [2.24, 2.45) is 0 Å². The summed E-state index contributed by atoms with van der Waals surface area (Å²) in [5, 5.41) is 41.6. The van der Waals surface area contributed by atoms with Crippen molar-refractivity contribution in [3.05, 3.63) is 0 Å². The van der Waals surface area contributed by atoms with E-state index in [0.29, 0.717) is 49.0 Å². The first-order chi connectivity index (χ1) is 18.9. The van der Waals surface area contributed by atoms with E-state index in [4.69, 9.17) is 0 Å². The van der Waals surface area contributed by atoms with Gasteiger partial charge in [0, 0.05) is 36.4 Å². The van der Waals surface area contributed by atoms with Crippen LogP contribution in [0.1, 0.15) is 77.0 Å². The minimum absolute atomic E-state index is 0. The fourth-order valence-electron chi connectivity index (χ4n) is 4.87. The Hall–Kier alpha value is 0.823. The second-order valence-electron chi connectivity index (χ2n) is 10.2. The van der Waals surface area contributed by atoms with Gasteiger partial charge in [-0.2, -0.15) is 50.5 Å². The molecule has 2 aliphatic rings. The van der Waals surface area contributed by atoms with Crippen LogP contribution in [-0.2, 0) is 38.7 Å². The number of aliphatic hydroxyl groups is 2. The van der Waals surface area contributed by atoms with Crippen LogP contribution in [0.2, 0.25) is 0 Å². The molecule has 2 amide bonds. The molecule has 0 bridgehead atoms. The van der Waals surface area contributed by atoms with Crippen LogP contribution in [0.3, 0.4) is 0 Å². The molecule has 2 aliphatic heterocycles. The SMILES string of the molecule is O=C([O-])[C@@H]1C(O)CCN1C(=O)CCCCC(S)CCS.O=C([O-])[C@@H]1C(O)CCN1C(=O)CCCCC(S)CCS.[NaH].[Zn+2]. The average molecular weight is 730 g/mol. The number of hydrogen-bond acceptors (Lipinski definition) is 12. The second-order valence-corrected chi connectivity index (χ2v) is 12.6. The Morgan fingerprint density at radius 1 is 0.690 bits per heavy atom. The predicted molar refractivity (Wildman–Crippen MR) is 169 cm³/mol. The van der Waals surface area contributed by atoms with Gasteiger partial charge in [0.2, 0.25) is 11.8 Å². The Bertz CT molecular complexity index is 758. The number of rotatable bonds is 16. The molecule has 234 valence electrons. The Labute approximate surface area is 306 Å². The maximum atomic E-state index is 12.0. The Balaban J connectivity index is 0. The smallest absolute Gasteiger partial charge is 2.00 e. The molecule has 0 radical (unpaired) electrons. The van der Waals surface area contributed by atoms with Crippen molar-refractivity contribution >= 4 is 104 Å². The number of carbonyl (C=O) groups is 4. The summed E-state index contributed by atoms with van der Waals surface area (Å²) in [4.78, 5) is 48.3. The van der Waals surface area contributed by atoms with Crippen LogP contribution < -0.4 is 10.2 Å². The molecule has 16 heteroatoms. The standard InChI is InChI=1S/2C13H23NO4S2.Na.Zn.H/c2*15-10-5-7-14(12(10)13(17)18)11(16)4-2-1-3-9(20)6-8-19;;;/h2*9-10,12,15,19-20H,1-8H2,(H,17,18);;;/q;;;+2;/p-2/t2*9?,10?,12-;;;/m00.../s1. The summed E-state index contributed by atoms with van der Waals surface area (Å²) in [5.41, 5.74) is 0. The van der Waals surface area contributed by atoms with E-state index in [9.17, 15) is 39.6 Å². The van der Waals surface area contributed by atoms with E-state index in [2.05, 4.69) is 50.5 Å². The summed E-state index contributed by atoms with van der Waals surface area (Å²) in [7, 11) is 0. The molecule has 2 saturated heterocycles. The quantitative estimate of drug-likeness (QED) is 0.0678. The van der Waals surface area contributed by atoms with Crippen molar-refractivity contribution in [2.45, 2.75) is 112 Å². The zero-order chi connectivity index (χ0) is 30.2. The van der Waals surface area contributed by atoms with Crippen molar-refractivity contribution in [3.63, 3.8) is 0 Å². The van der Waals surface area contributed by atoms with Crippen LogP contribution in [0.4, 0.5) is 0 Å². The van der Waals surface area contributed by atoms with Gasteiger partial charge in [0.05, 0.1) is 36.2 Å². The number of thiol groups is 4. The van der Waals surface area contributed by atoms with Gasteiger partial charge in [0.25, 0.3) is 0 Å². The van der Waals surface area contributed by atoms with Crippen LogP contribution in [0.5, 0.6) is 0 Å². The monoisotopic (exact) mass is 728 g/mol. The number of nitrogens with zero attached hydrogens (tertiary/aromatic N) is 2. The molecule has 0 aromatic rings. The van der Waals surface area contributed by atoms with Crippen molar-refractivity contribution < 1.29 is 59.1 Å². The number of aliphatic carboxylic acids is 2. The van der Waals surface area contributed by atoms with Crippen molar-refractivity contribution in [1.82, 2.24) is 9.80 Å². The largest absolute Gasteiger partial charge is 2.00 e. The number of unbranched alkanes of at least 4 members (excludes halogenated alkanes) is 2. The van der Waals surface area contributed by atoms with Gasteiger partial charge in [-0.15, -0.1) is 0 Å². The predicted octanol–water partition coefficient (Wildman–Crippen LogP) is -0.897. The van der Waals surface area contributed by atoms with Gasteiger partial charge in [-0.25, -0.2) is 0 Å². The zero-order valence-corrected chi connectivity index (χ0v) is 30.1. The van der Waals surface area contributed by atoms with Gasteiger partial charge in [-0.1, -0.05) is 12.8 Å². The van der Waals surface area contributed by atoms with E-state index in [-0.39, 0.29) is 73.9 Å². The third-order valence-corrected chi connectivity index (χ3v) is 8.69. The van der Waals surface area contributed by atoms with E-state index in [1.54, 1.807) is 0 Å². The number of carboxylic acid groups (broad SMARTS) is 2. The molecule has 2 rings (SSSR count). The molecule has 6 atom stereocenters. The van der Waals surface area contributed by atoms with Crippen LogP contribution in [0.15, 0.2) is 0 Å². The zero-order valence-electron chi connectivity index (χ0n) is 23.5. The van der Waals surface area contributed by atoms with Crippen molar-refractivity contribution in [2.75, 3.05) is 24.6 Å². The molecule has 42 heavy (non-hydrogen) atoms. The number of likely N-dealkylation sites (tertiary alicyclic amines) is 2. The minimum atomic E-state index is -1.38. The van der Waals surface area contributed by atoms with E-state index < -0.39 is 36.2 Å². The van der Waals surface area contributed by atoms with Gasteiger partial charge in [0.1, 0.15) is 0 Å². The van der Waals surface area contributed by atoms with Gasteiger partial charge in [-0.3, -0.25) is 9.59 Å². The van der Waals surface area contributed by atoms with Gasteiger partial charge >= 0.3 is 49.0 Å². The van der Waals surface area contributed by atoms with Crippen LogP contribution >= 0.6 is 50.5 Å². The van der Waals surface area contributed by atoms with E-state index in [0.717, 1.165) is 50.0 Å². The topological polar surface area (TPSA) is 161 Å². The molecular formula is C26H45N2NaO8S4Zn. The Morgan fingerprint density at radius 2 is 1.02 bits per heavy atom. The number of hydrogen-bond donors (Lipinski definition) is 6. The summed E-state index contributed by atoms with van der Waals surface area (Å²) in [5.74, 6) is -1.61. The normalized spacial score (nSPS) is 22.7. The number of amides is 2. The van der Waals surface area contributed by atoms with Gasteiger partial charge in [-0.05, 0) is 62.9 Å². The molecule has 0 saturated carbocycles. The maximum Gasteiger partial charge on any atom is 2.00 e. The summed E-state index contributed by atoms with van der Waals surface area (Å²) >= 11 is 17.1. The third-order valence-electron chi connectivity index (χ3n) is 7.14. The first-order valence-electron chi connectivity index (χ1n) is 13.9. The van der Waals surface area contributed by atoms with E-state index >= 15 is 0 Å². The minimum Gasteiger partial charge on any atom is 2.00 e. The summed E-state index contributed by atoms with van der Waals surface area (Å²) in [6.45, 7) is 0.570. The summed E-state index contributed by atoms with van der Waals surface area (Å²) in [6, 6.07) is -2.38. The number of carboxylic acids is 2. The fourth-order valence-corrected chi connectivity index (χ4v) is 6.52. The summed E-state index contributed by atoms with van der Waals surface area (Å²) in [6.07, 6.45) is 6.04. The Kier molecular flexibility index (Phi) is 26.7. The molecule has 10 nitrogen and oxygen atoms in total. The van der Waals surface area contributed by atoms with E-state index in [1.165, 1.54) is 9.80 Å². The van der Waals surface area contributed by atoms with Crippen molar-refractivity contribution in [3.8, 4) is 0 Å². The second kappa shape index (κ2) is 25.0. The molecule has 2 N–H and O–H groups in total. The molecule has 0 aromatic heterocycles. The molecular weight excluding hydrogens is 685 g/mol. The molecule has 0 aromatic carbocycles. The molecule has 2 fully saturated rings. The maximum absolute atomic E-state index is 12.0. The molecule has 2 heterocycles. The van der Waals surface area contributed by atoms with Crippen molar-refractivity contribution in [1.29, 1.82) is 0 Å². The van der Waals surface area contributed by atoms with Crippen LogP contribution in [-0.4, -0.2) is 133 Å². The first kappa shape index (κ1) is 44.9.